The summed E-state index contributed by atoms with van der Waals surface area (Å²) in [5.41, 5.74) is 23.9. The van der Waals surface area contributed by atoms with E-state index in [0.29, 0.717) is 0 Å². The highest BCUT2D eigenvalue weighted by atomic mass is 16.3. The van der Waals surface area contributed by atoms with Gasteiger partial charge in [0, 0.05) is 49.7 Å². The van der Waals surface area contributed by atoms with Crippen molar-refractivity contribution in [1.82, 2.24) is 9.13 Å². The minimum Gasteiger partial charge on any atom is -0.456 e. The average molecular weight is 931 g/mol. The molecule has 0 spiro atoms. The van der Waals surface area contributed by atoms with Gasteiger partial charge in [0.1, 0.15) is 11.2 Å². The van der Waals surface area contributed by atoms with Gasteiger partial charge in [0.05, 0.1) is 50.2 Å². The first-order chi connectivity index (χ1) is 34.6. The van der Waals surface area contributed by atoms with Gasteiger partial charge in [-0.1, -0.05) is 147 Å². The van der Waals surface area contributed by atoms with E-state index in [2.05, 4.69) is 251 Å². The van der Waals surface area contributed by atoms with E-state index in [4.69, 9.17) is 4.42 Å². The summed E-state index contributed by atoms with van der Waals surface area (Å²) in [6, 6.07) is 64.7. The Kier molecular flexibility index (Phi) is 8.08. The van der Waals surface area contributed by atoms with Crippen LogP contribution in [0.3, 0.4) is 0 Å². The number of aromatic nitrogens is 2. The summed E-state index contributed by atoms with van der Waals surface area (Å²) in [6.07, 6.45) is 0. The molecule has 3 aliphatic heterocycles. The fourth-order valence-corrected chi connectivity index (χ4v) is 12.9. The Morgan fingerprint density at radius 3 is 1.68 bits per heavy atom. The van der Waals surface area contributed by atoms with Gasteiger partial charge in [0.15, 0.2) is 0 Å². The van der Waals surface area contributed by atoms with Gasteiger partial charge in [-0.2, -0.15) is 0 Å². The number of hydrogen-bond donors (Lipinski definition) is 0. The van der Waals surface area contributed by atoms with Crippen molar-refractivity contribution in [2.24, 2.45) is 0 Å². The normalized spacial score (nSPS) is 14.1. The highest BCUT2D eigenvalue weighted by Crippen LogP contribution is 2.54. The molecule has 3 aromatic heterocycles. The van der Waals surface area contributed by atoms with Crippen molar-refractivity contribution in [1.29, 1.82) is 0 Å². The maximum absolute atomic E-state index is 6.71. The number of anilines is 6. The van der Waals surface area contributed by atoms with Gasteiger partial charge < -0.3 is 23.4 Å². The van der Waals surface area contributed by atoms with Crippen LogP contribution in [-0.4, -0.2) is 15.8 Å². The predicted octanol–water partition coefficient (Wildman–Crippen LogP) is 16.1. The summed E-state index contributed by atoms with van der Waals surface area (Å²) in [7, 11) is 0. The number of benzene rings is 9. The molecule has 0 amide bonds. The Hall–Kier alpha value is -7.96. The lowest BCUT2D eigenvalue weighted by molar-refractivity contribution is 0.590. The van der Waals surface area contributed by atoms with Crippen molar-refractivity contribution in [2.45, 2.75) is 78.6 Å². The molecular formula is C66H55BN4O. The van der Waals surface area contributed by atoms with Crippen molar-refractivity contribution < 1.29 is 4.42 Å². The van der Waals surface area contributed by atoms with Gasteiger partial charge in [0.2, 0.25) is 0 Å². The van der Waals surface area contributed by atoms with Crippen molar-refractivity contribution >= 4 is 123 Å². The number of hydrogen-bond acceptors (Lipinski definition) is 3. The molecule has 0 radical (unpaired) electrons. The van der Waals surface area contributed by atoms with E-state index in [9.17, 15) is 0 Å². The molecule has 12 aromatic rings. The molecule has 0 N–H and O–H groups in total. The van der Waals surface area contributed by atoms with Crippen LogP contribution in [0.4, 0.5) is 34.1 Å². The molecule has 0 bridgehead atoms. The van der Waals surface area contributed by atoms with Crippen LogP contribution in [0, 0.1) is 0 Å². The summed E-state index contributed by atoms with van der Waals surface area (Å²) in [6.45, 7) is 20.9. The first-order valence-corrected chi connectivity index (χ1v) is 25.7. The molecule has 0 saturated heterocycles. The smallest absolute Gasteiger partial charge is 0.252 e. The lowest BCUT2D eigenvalue weighted by Gasteiger charge is -2.47. The van der Waals surface area contributed by atoms with Gasteiger partial charge in [0.25, 0.3) is 6.71 Å². The van der Waals surface area contributed by atoms with Crippen LogP contribution in [0.25, 0.3) is 76.9 Å². The lowest BCUT2D eigenvalue weighted by Crippen LogP contribution is -2.62. The molecule has 0 unspecified atom stereocenters. The van der Waals surface area contributed by atoms with E-state index < -0.39 is 0 Å². The highest BCUT2D eigenvalue weighted by Gasteiger charge is 2.47. The monoisotopic (exact) mass is 930 g/mol. The summed E-state index contributed by atoms with van der Waals surface area (Å²) in [5.74, 6) is 0. The minimum absolute atomic E-state index is 0.00172. The SMILES string of the molecule is CC(C)(C)c1cc2c3c(c1)N1c4c(cccc4-n4c5ccccc5c5cccc1c54)B3c1ccc(-n3c4ccc(C(C)(C)C)cc4c4cc(C(C)(C)C)ccc43)cc1N2c1cccc2oc3ccccc3c12. The Morgan fingerprint density at radius 1 is 0.375 bits per heavy atom. The first kappa shape index (κ1) is 41.8. The van der Waals surface area contributed by atoms with Crippen molar-refractivity contribution in [3.63, 3.8) is 0 Å². The quantitative estimate of drug-likeness (QED) is 0.162. The van der Waals surface area contributed by atoms with Gasteiger partial charge in [-0.15, -0.1) is 0 Å². The first-order valence-electron chi connectivity index (χ1n) is 25.7. The second-order valence-corrected chi connectivity index (χ2v) is 23.8. The molecule has 6 heteroatoms. The van der Waals surface area contributed by atoms with Crippen LogP contribution in [0.5, 0.6) is 0 Å². The largest absolute Gasteiger partial charge is 0.456 e. The fourth-order valence-electron chi connectivity index (χ4n) is 12.9. The van der Waals surface area contributed by atoms with Gasteiger partial charge >= 0.3 is 0 Å². The lowest BCUT2D eigenvalue weighted by atomic mass is 9.33. The Bertz CT molecular complexity index is 4300. The van der Waals surface area contributed by atoms with Crippen LogP contribution >= 0.6 is 0 Å². The number of furan rings is 1. The minimum atomic E-state index is -0.166. The summed E-state index contributed by atoms with van der Waals surface area (Å²) < 4.78 is 11.8. The Labute approximate surface area is 420 Å². The average Bonchev–Trinajstić information content (AvgIpc) is 4.04. The molecule has 72 heavy (non-hydrogen) atoms. The van der Waals surface area contributed by atoms with Crippen molar-refractivity contribution in [3.05, 3.63) is 187 Å². The molecule has 5 nitrogen and oxygen atoms in total. The van der Waals surface area contributed by atoms with Crippen LogP contribution in [0.2, 0.25) is 0 Å². The molecule has 6 heterocycles. The summed E-state index contributed by atoms with van der Waals surface area (Å²) >= 11 is 0. The third kappa shape index (κ3) is 5.50. The molecule has 9 aromatic carbocycles. The zero-order valence-electron chi connectivity index (χ0n) is 42.4. The van der Waals surface area contributed by atoms with E-state index in [1.165, 1.54) is 111 Å². The molecule has 0 atom stereocenters. The third-order valence-corrected chi connectivity index (χ3v) is 16.5. The Morgan fingerprint density at radius 2 is 0.958 bits per heavy atom. The standard InChI is InChI=1S/C66H55BN4O/c1-64(2,3)38-27-31-50-45(33-38)46-34-39(65(4,5)6)28-32-51(46)68(50)41-29-30-47-55(37-41)69(52-22-16-26-59-60(52)44-18-11-13-25-58(44)72-59)56-35-40(66(7,8)9)36-57-61(56)67(47)48-20-15-24-54-63(48)71(57)53-23-14-19-43-42-17-10-12-21-49(42)70(54)62(43)53/h10-37H,1-9H3. The molecule has 0 aliphatic carbocycles. The Balaban J connectivity index is 1.08. The van der Waals surface area contributed by atoms with E-state index in [0.717, 1.165) is 33.3 Å². The molecule has 348 valence electrons. The summed E-state index contributed by atoms with van der Waals surface area (Å²) in [4.78, 5) is 5.23. The number of para-hydroxylation sites is 4. The number of rotatable bonds is 2. The van der Waals surface area contributed by atoms with Gasteiger partial charge in [-0.25, -0.2) is 0 Å². The molecule has 15 rings (SSSR count). The second-order valence-electron chi connectivity index (χ2n) is 23.8. The molecular weight excluding hydrogens is 876 g/mol. The zero-order chi connectivity index (χ0) is 48.9. The number of fused-ring (bicyclic) bond motifs is 15. The van der Waals surface area contributed by atoms with Crippen LogP contribution in [0.1, 0.15) is 79.0 Å². The van der Waals surface area contributed by atoms with E-state index in [1.54, 1.807) is 0 Å². The highest BCUT2D eigenvalue weighted by molar-refractivity contribution is 7.00. The van der Waals surface area contributed by atoms with Crippen molar-refractivity contribution in [3.8, 4) is 11.4 Å². The maximum Gasteiger partial charge on any atom is 0.252 e. The van der Waals surface area contributed by atoms with Crippen LogP contribution in [0.15, 0.2) is 174 Å². The number of nitrogens with zero attached hydrogens (tertiary/aromatic N) is 4. The zero-order valence-corrected chi connectivity index (χ0v) is 42.4. The second kappa shape index (κ2) is 13.9. The fraction of sp³-hybridized carbons (Fsp3) is 0.182. The van der Waals surface area contributed by atoms with E-state index >= 15 is 0 Å². The van der Waals surface area contributed by atoms with Crippen LogP contribution in [-0.2, 0) is 16.2 Å². The summed E-state index contributed by atoms with van der Waals surface area (Å²) in [5, 5.41) is 7.34. The maximum atomic E-state index is 6.71. The van der Waals surface area contributed by atoms with Crippen LogP contribution < -0.4 is 26.2 Å². The van der Waals surface area contributed by atoms with Crippen molar-refractivity contribution in [2.75, 3.05) is 9.80 Å². The molecule has 3 aliphatic rings. The third-order valence-electron chi connectivity index (χ3n) is 16.5. The van der Waals surface area contributed by atoms with Gasteiger partial charge in [-0.3, -0.25) is 0 Å². The molecule has 0 fully saturated rings. The van der Waals surface area contributed by atoms with Gasteiger partial charge in [-0.05, 0) is 134 Å². The van der Waals surface area contributed by atoms with E-state index in [1.807, 2.05) is 0 Å². The molecule has 0 saturated carbocycles. The predicted molar refractivity (Wildman–Crippen MR) is 306 cm³/mol. The van der Waals surface area contributed by atoms with E-state index in [-0.39, 0.29) is 23.0 Å². The topological polar surface area (TPSA) is 29.5 Å².